The number of methoxy groups -OCH3 is 2. The van der Waals surface area contributed by atoms with E-state index in [-0.39, 0.29) is 24.8 Å². The molecule has 27 heavy (non-hydrogen) atoms. The van der Waals surface area contributed by atoms with E-state index in [1.165, 1.54) is 12.2 Å². The molecular formula is C22H22O5. The highest BCUT2D eigenvalue weighted by Gasteiger charge is 2.02. The lowest BCUT2D eigenvalue weighted by Crippen LogP contribution is -1.98. The molecule has 0 radical (unpaired) electrons. The highest BCUT2D eigenvalue weighted by atomic mass is 16.5. The molecule has 0 unspecified atom stereocenters. The normalized spacial score (nSPS) is 11.0. The summed E-state index contributed by atoms with van der Waals surface area (Å²) in [5.41, 5.74) is 1.16. The topological polar surface area (TPSA) is 61.8 Å². The highest BCUT2D eigenvalue weighted by molar-refractivity contribution is 6.05. The van der Waals surface area contributed by atoms with E-state index in [9.17, 15) is 9.59 Å². The second kappa shape index (κ2) is 10.7. The van der Waals surface area contributed by atoms with Crippen LogP contribution in [0.25, 0.3) is 0 Å². The molecule has 0 saturated heterocycles. The minimum atomic E-state index is -0.105. The maximum absolute atomic E-state index is 12.0. The number of ketones is 2. The molecule has 0 saturated carbocycles. The Hall–Kier alpha value is -3.18. The molecule has 0 spiro atoms. The number of rotatable bonds is 10. The molecule has 0 aromatic heterocycles. The number of hydrogen-bond donors (Lipinski definition) is 0. The number of carbonyl (C=O) groups excluding carboxylic acids is 2. The summed E-state index contributed by atoms with van der Waals surface area (Å²) in [4.78, 5) is 23.9. The van der Waals surface area contributed by atoms with Crippen LogP contribution in [-0.2, 0) is 4.74 Å². The Morgan fingerprint density at radius 3 is 1.41 bits per heavy atom. The molecule has 140 valence electrons. The van der Waals surface area contributed by atoms with E-state index >= 15 is 0 Å². The third-order valence-corrected chi connectivity index (χ3v) is 3.72. The molecule has 0 aliphatic rings. The smallest absolute Gasteiger partial charge is 0.185 e. The summed E-state index contributed by atoms with van der Waals surface area (Å²) in [6.45, 7) is 0.561. The largest absolute Gasteiger partial charge is 0.497 e. The molecule has 2 aromatic rings. The maximum Gasteiger partial charge on any atom is 0.185 e. The zero-order valence-corrected chi connectivity index (χ0v) is 15.4. The summed E-state index contributed by atoms with van der Waals surface area (Å²) < 4.78 is 15.5. The van der Waals surface area contributed by atoms with Crippen LogP contribution in [0.15, 0.2) is 72.8 Å². The van der Waals surface area contributed by atoms with Crippen molar-refractivity contribution in [2.24, 2.45) is 0 Å². The standard InChI is InChI=1S/C22H22O5/c1-25-19-11-7-17(8-12-19)21(23)5-3-15-27-16-4-6-22(24)18-9-13-20(26-2)14-10-18/h3-14H,15-16H2,1-2H3/b5-3+,6-4+. The molecule has 0 amide bonds. The molecule has 2 rings (SSSR count). The summed E-state index contributed by atoms with van der Waals surface area (Å²) in [5, 5.41) is 0. The fourth-order valence-corrected chi connectivity index (χ4v) is 2.22. The predicted molar refractivity (Wildman–Crippen MR) is 104 cm³/mol. The fourth-order valence-electron chi connectivity index (χ4n) is 2.22. The summed E-state index contributed by atoms with van der Waals surface area (Å²) in [6, 6.07) is 13.8. The van der Waals surface area contributed by atoms with Crippen LogP contribution in [0.3, 0.4) is 0 Å². The van der Waals surface area contributed by atoms with Gasteiger partial charge in [-0.2, -0.15) is 0 Å². The van der Waals surface area contributed by atoms with Gasteiger partial charge in [0, 0.05) is 11.1 Å². The number of benzene rings is 2. The molecule has 0 N–H and O–H groups in total. The quantitative estimate of drug-likeness (QED) is 0.363. The van der Waals surface area contributed by atoms with Gasteiger partial charge in [0.2, 0.25) is 0 Å². The van der Waals surface area contributed by atoms with E-state index in [0.29, 0.717) is 22.6 Å². The van der Waals surface area contributed by atoms with Crippen LogP contribution in [-0.4, -0.2) is 39.0 Å². The summed E-state index contributed by atoms with van der Waals surface area (Å²) in [5.74, 6) is 1.20. The van der Waals surface area contributed by atoms with Gasteiger partial charge in [-0.1, -0.05) is 12.2 Å². The average Bonchev–Trinajstić information content (AvgIpc) is 2.72. The highest BCUT2D eigenvalue weighted by Crippen LogP contribution is 2.13. The Kier molecular flexibility index (Phi) is 8.00. The van der Waals surface area contributed by atoms with Gasteiger partial charge in [0.25, 0.3) is 0 Å². The molecule has 0 fully saturated rings. The summed E-state index contributed by atoms with van der Waals surface area (Å²) in [6.07, 6.45) is 6.22. The zero-order chi connectivity index (χ0) is 19.5. The molecular weight excluding hydrogens is 344 g/mol. The first-order chi connectivity index (χ1) is 13.1. The van der Waals surface area contributed by atoms with E-state index in [0.717, 1.165) is 0 Å². The number of ether oxygens (including phenoxy) is 3. The van der Waals surface area contributed by atoms with Crippen LogP contribution in [0.1, 0.15) is 20.7 Å². The van der Waals surface area contributed by atoms with E-state index in [2.05, 4.69) is 0 Å². The second-order valence-corrected chi connectivity index (χ2v) is 5.53. The summed E-state index contributed by atoms with van der Waals surface area (Å²) >= 11 is 0. The van der Waals surface area contributed by atoms with Gasteiger partial charge >= 0.3 is 0 Å². The first-order valence-electron chi connectivity index (χ1n) is 8.41. The Bertz CT molecular complexity index is 732. The van der Waals surface area contributed by atoms with Crippen molar-refractivity contribution in [3.63, 3.8) is 0 Å². The minimum Gasteiger partial charge on any atom is -0.497 e. The van der Waals surface area contributed by atoms with Crippen LogP contribution < -0.4 is 9.47 Å². The molecule has 0 aliphatic heterocycles. The van der Waals surface area contributed by atoms with E-state index in [4.69, 9.17) is 14.2 Å². The maximum atomic E-state index is 12.0. The van der Waals surface area contributed by atoms with Crippen molar-refractivity contribution < 1.29 is 23.8 Å². The third-order valence-electron chi connectivity index (χ3n) is 3.72. The van der Waals surface area contributed by atoms with Crippen LogP contribution in [0, 0.1) is 0 Å². The predicted octanol–water partition coefficient (Wildman–Crippen LogP) is 3.90. The Morgan fingerprint density at radius 1 is 0.704 bits per heavy atom. The van der Waals surface area contributed by atoms with Gasteiger partial charge in [-0.05, 0) is 60.7 Å². The van der Waals surface area contributed by atoms with Gasteiger partial charge in [0.1, 0.15) is 11.5 Å². The third kappa shape index (κ3) is 6.56. The van der Waals surface area contributed by atoms with E-state index in [1.807, 2.05) is 0 Å². The molecule has 0 aliphatic carbocycles. The van der Waals surface area contributed by atoms with Gasteiger partial charge in [-0.25, -0.2) is 0 Å². The number of hydrogen-bond acceptors (Lipinski definition) is 5. The Morgan fingerprint density at radius 2 is 1.07 bits per heavy atom. The second-order valence-electron chi connectivity index (χ2n) is 5.53. The lowest BCUT2D eigenvalue weighted by Gasteiger charge is -2.00. The van der Waals surface area contributed by atoms with Crippen LogP contribution in [0.4, 0.5) is 0 Å². The lowest BCUT2D eigenvalue weighted by molar-refractivity contribution is 0.103. The lowest BCUT2D eigenvalue weighted by atomic mass is 10.1. The van der Waals surface area contributed by atoms with E-state index < -0.39 is 0 Å². The van der Waals surface area contributed by atoms with Crippen molar-refractivity contribution in [3.8, 4) is 11.5 Å². The van der Waals surface area contributed by atoms with Crippen molar-refractivity contribution in [1.82, 2.24) is 0 Å². The Labute approximate surface area is 158 Å². The van der Waals surface area contributed by atoms with Gasteiger partial charge in [-0.15, -0.1) is 0 Å². The van der Waals surface area contributed by atoms with Gasteiger partial charge in [0.15, 0.2) is 11.6 Å². The van der Waals surface area contributed by atoms with Gasteiger partial charge < -0.3 is 14.2 Å². The van der Waals surface area contributed by atoms with E-state index in [1.54, 1.807) is 74.9 Å². The number of allylic oxidation sites excluding steroid dienone is 2. The van der Waals surface area contributed by atoms with Gasteiger partial charge in [-0.3, -0.25) is 9.59 Å². The van der Waals surface area contributed by atoms with Crippen LogP contribution in [0.2, 0.25) is 0 Å². The van der Waals surface area contributed by atoms with Crippen molar-refractivity contribution in [3.05, 3.63) is 84.0 Å². The first kappa shape index (κ1) is 20.1. The monoisotopic (exact) mass is 366 g/mol. The van der Waals surface area contributed by atoms with Crippen molar-refractivity contribution in [2.75, 3.05) is 27.4 Å². The summed E-state index contributed by atoms with van der Waals surface area (Å²) in [7, 11) is 3.15. The molecule has 5 heteroatoms. The van der Waals surface area contributed by atoms with Crippen LogP contribution in [0.5, 0.6) is 11.5 Å². The fraction of sp³-hybridized carbons (Fsp3) is 0.182. The van der Waals surface area contributed by atoms with Crippen LogP contribution >= 0.6 is 0 Å². The molecule has 0 bridgehead atoms. The molecule has 0 heterocycles. The van der Waals surface area contributed by atoms with Gasteiger partial charge in [0.05, 0.1) is 27.4 Å². The average molecular weight is 366 g/mol. The number of carbonyl (C=O) groups is 2. The van der Waals surface area contributed by atoms with Crippen molar-refractivity contribution in [1.29, 1.82) is 0 Å². The Balaban J connectivity index is 1.70. The van der Waals surface area contributed by atoms with Crippen molar-refractivity contribution in [2.45, 2.75) is 0 Å². The minimum absolute atomic E-state index is 0.105. The first-order valence-corrected chi connectivity index (χ1v) is 8.41. The SMILES string of the molecule is COc1ccc(C(=O)/C=C/COC/C=C/C(=O)c2ccc(OC)cc2)cc1. The molecule has 2 aromatic carbocycles. The van der Waals surface area contributed by atoms with Crippen molar-refractivity contribution >= 4 is 11.6 Å². The molecule has 0 atom stereocenters. The molecule has 5 nitrogen and oxygen atoms in total. The zero-order valence-electron chi connectivity index (χ0n) is 15.4.